The van der Waals surface area contributed by atoms with Crippen molar-refractivity contribution >= 4 is 33.2 Å². The zero-order valence-corrected chi connectivity index (χ0v) is 21.4. The number of ether oxygens (including phenoxy) is 1. The number of hydrogen-bond donors (Lipinski definition) is 2. The number of sulfonamides is 1. The smallest absolute Gasteiger partial charge is 0.480 e. The standard InChI is InChI=1S/C23H15F6N7O5S/c24-22(25,26)17-9-4-12-10-35(42(39,40)14-7-5-13(6-8-14)41-23(27,28)29)19-15(2-1-3-16(19)30-20(12)31-17)21-32-34-36(33-21)11-18(37)38/h1-9H,10-11H2,(H,30,31)(H,37,38). The molecule has 42 heavy (non-hydrogen) atoms. The molecule has 2 N–H and O–H groups in total. The molecule has 0 spiro atoms. The van der Waals surface area contributed by atoms with Crippen molar-refractivity contribution in [2.45, 2.75) is 30.5 Å². The predicted octanol–water partition coefficient (Wildman–Crippen LogP) is 4.19. The second-order valence-electron chi connectivity index (χ2n) is 8.60. The van der Waals surface area contributed by atoms with E-state index < -0.39 is 58.0 Å². The van der Waals surface area contributed by atoms with Crippen LogP contribution in [0.2, 0.25) is 0 Å². The molecule has 0 aliphatic carbocycles. The highest BCUT2D eigenvalue weighted by Gasteiger charge is 2.37. The SMILES string of the molecule is O=C(O)Cn1nnc(-c2cccc3c2N(S(=O)(=O)c2ccc(OC(F)(F)F)cc2)Cc2ccc(C(F)(F)F)nc2N3)n1. The van der Waals surface area contributed by atoms with Crippen molar-refractivity contribution in [2.24, 2.45) is 0 Å². The topological polar surface area (TPSA) is 152 Å². The number of aromatic nitrogens is 5. The Bertz CT molecular complexity index is 1780. The van der Waals surface area contributed by atoms with E-state index in [4.69, 9.17) is 5.11 Å². The Hall–Kier alpha value is -4.94. The number of alkyl halides is 6. The molecule has 5 rings (SSSR count). The number of carboxylic acids is 1. The molecule has 0 saturated heterocycles. The summed E-state index contributed by atoms with van der Waals surface area (Å²) in [4.78, 5) is 14.9. The molecule has 4 aromatic rings. The van der Waals surface area contributed by atoms with Crippen LogP contribution in [-0.4, -0.2) is 51.0 Å². The van der Waals surface area contributed by atoms with Crippen molar-refractivity contribution < 1.29 is 49.4 Å². The molecule has 0 atom stereocenters. The molecule has 19 heteroatoms. The lowest BCUT2D eigenvalue weighted by Crippen LogP contribution is -2.31. The third-order valence-electron chi connectivity index (χ3n) is 5.74. The molecule has 1 aliphatic heterocycles. The highest BCUT2D eigenvalue weighted by molar-refractivity contribution is 7.92. The maximum Gasteiger partial charge on any atom is 0.573 e. The minimum Gasteiger partial charge on any atom is -0.480 e. The highest BCUT2D eigenvalue weighted by atomic mass is 32.2. The fourth-order valence-electron chi connectivity index (χ4n) is 4.02. The molecule has 3 heterocycles. The third-order valence-corrected chi connectivity index (χ3v) is 7.50. The van der Waals surface area contributed by atoms with Crippen LogP contribution in [0.4, 0.5) is 43.5 Å². The minimum atomic E-state index is -5.03. The van der Waals surface area contributed by atoms with Crippen LogP contribution in [0, 0.1) is 0 Å². The van der Waals surface area contributed by atoms with Crippen molar-refractivity contribution in [2.75, 3.05) is 9.62 Å². The Morgan fingerprint density at radius 3 is 2.38 bits per heavy atom. The van der Waals surface area contributed by atoms with Crippen LogP contribution in [0.3, 0.4) is 0 Å². The average molecular weight is 615 g/mol. The van der Waals surface area contributed by atoms with E-state index in [1.54, 1.807) is 0 Å². The van der Waals surface area contributed by atoms with E-state index in [1.165, 1.54) is 18.2 Å². The number of carbonyl (C=O) groups is 1. The fraction of sp³-hybridized carbons (Fsp3) is 0.174. The summed E-state index contributed by atoms with van der Waals surface area (Å²) >= 11 is 0. The molecule has 0 saturated carbocycles. The Balaban J connectivity index is 1.67. The summed E-state index contributed by atoms with van der Waals surface area (Å²) in [6.45, 7) is -1.26. The van der Waals surface area contributed by atoms with E-state index in [-0.39, 0.29) is 34.1 Å². The van der Waals surface area contributed by atoms with Gasteiger partial charge in [0.05, 0.1) is 22.8 Å². The average Bonchev–Trinajstić information content (AvgIpc) is 3.26. The molecule has 0 radical (unpaired) electrons. The van der Waals surface area contributed by atoms with Gasteiger partial charge >= 0.3 is 18.5 Å². The highest BCUT2D eigenvalue weighted by Crippen LogP contribution is 2.44. The van der Waals surface area contributed by atoms with Crippen LogP contribution in [0.15, 0.2) is 59.5 Å². The summed E-state index contributed by atoms with van der Waals surface area (Å²) in [5.74, 6) is -2.51. The quantitative estimate of drug-likeness (QED) is 0.302. The summed E-state index contributed by atoms with van der Waals surface area (Å²) in [6.07, 6.45) is -9.84. The molecular weight excluding hydrogens is 600 g/mol. The van der Waals surface area contributed by atoms with Gasteiger partial charge < -0.3 is 15.2 Å². The Labute approximate surface area is 231 Å². The lowest BCUT2D eigenvalue weighted by Gasteiger charge is -2.26. The van der Waals surface area contributed by atoms with E-state index in [1.807, 2.05) is 0 Å². The first-order valence-electron chi connectivity index (χ1n) is 11.5. The molecule has 0 bridgehead atoms. The number of halogens is 6. The van der Waals surface area contributed by atoms with Crippen LogP contribution in [0.1, 0.15) is 11.3 Å². The van der Waals surface area contributed by atoms with Gasteiger partial charge in [-0.1, -0.05) is 12.1 Å². The van der Waals surface area contributed by atoms with Gasteiger partial charge in [-0.15, -0.1) is 23.4 Å². The van der Waals surface area contributed by atoms with Crippen LogP contribution < -0.4 is 14.4 Å². The van der Waals surface area contributed by atoms with Gasteiger partial charge in [0.25, 0.3) is 10.0 Å². The van der Waals surface area contributed by atoms with Crippen molar-refractivity contribution in [1.29, 1.82) is 0 Å². The van der Waals surface area contributed by atoms with E-state index in [2.05, 4.69) is 30.4 Å². The Morgan fingerprint density at radius 1 is 1.02 bits per heavy atom. The number of nitrogens with one attached hydrogen (secondary N) is 1. The van der Waals surface area contributed by atoms with E-state index in [9.17, 15) is 39.6 Å². The number of benzene rings is 2. The largest absolute Gasteiger partial charge is 0.573 e. The number of rotatable bonds is 6. The summed E-state index contributed by atoms with van der Waals surface area (Å²) in [7, 11) is -4.65. The zero-order valence-electron chi connectivity index (χ0n) is 20.5. The number of para-hydroxylation sites is 1. The number of hydrogen-bond acceptors (Lipinski definition) is 9. The number of nitrogens with zero attached hydrogens (tertiary/aromatic N) is 6. The molecular formula is C23H15F6N7O5S. The van der Waals surface area contributed by atoms with Gasteiger partial charge in [0.1, 0.15) is 17.3 Å². The van der Waals surface area contributed by atoms with E-state index in [0.717, 1.165) is 39.4 Å². The first kappa shape index (κ1) is 28.6. The molecule has 1 aliphatic rings. The molecule has 0 fully saturated rings. The van der Waals surface area contributed by atoms with Crippen molar-refractivity contribution in [3.05, 3.63) is 65.9 Å². The number of fused-ring (bicyclic) bond motifs is 2. The normalized spacial score (nSPS) is 13.5. The summed E-state index contributed by atoms with van der Waals surface area (Å²) in [6, 6.07) is 9.13. The van der Waals surface area contributed by atoms with Gasteiger partial charge in [-0.25, -0.2) is 13.4 Å². The summed E-state index contributed by atoms with van der Waals surface area (Å²) < 4.78 is 111. The first-order valence-corrected chi connectivity index (χ1v) is 12.9. The number of aliphatic carboxylic acids is 1. The maximum absolute atomic E-state index is 14.0. The van der Waals surface area contributed by atoms with Gasteiger partial charge in [0, 0.05) is 11.1 Å². The summed E-state index contributed by atoms with van der Waals surface area (Å²) in [5.41, 5.74) is -1.46. The maximum atomic E-state index is 14.0. The second kappa shape index (κ2) is 10.2. The molecule has 2 aromatic heterocycles. The van der Waals surface area contributed by atoms with Crippen molar-refractivity contribution in [3.63, 3.8) is 0 Å². The first-order chi connectivity index (χ1) is 19.6. The number of pyridine rings is 1. The van der Waals surface area contributed by atoms with Gasteiger partial charge in [0.2, 0.25) is 5.82 Å². The van der Waals surface area contributed by atoms with Crippen LogP contribution in [0.5, 0.6) is 5.75 Å². The van der Waals surface area contributed by atoms with E-state index in [0.29, 0.717) is 6.07 Å². The molecule has 220 valence electrons. The van der Waals surface area contributed by atoms with Gasteiger partial charge in [-0.05, 0) is 47.7 Å². The van der Waals surface area contributed by atoms with Crippen LogP contribution >= 0.6 is 0 Å². The van der Waals surface area contributed by atoms with E-state index >= 15 is 0 Å². The number of carboxylic acid groups (broad SMARTS) is 1. The van der Waals surface area contributed by atoms with Gasteiger partial charge in [0.15, 0.2) is 6.54 Å². The lowest BCUT2D eigenvalue weighted by molar-refractivity contribution is -0.274. The fourth-order valence-corrected chi connectivity index (χ4v) is 5.50. The van der Waals surface area contributed by atoms with Crippen molar-refractivity contribution in [3.8, 4) is 17.1 Å². The monoisotopic (exact) mass is 615 g/mol. The third kappa shape index (κ3) is 5.76. The Morgan fingerprint density at radius 2 is 1.74 bits per heavy atom. The van der Waals surface area contributed by atoms with Gasteiger partial charge in [-0.2, -0.15) is 18.0 Å². The second-order valence-corrected chi connectivity index (χ2v) is 10.5. The lowest BCUT2D eigenvalue weighted by atomic mass is 10.1. The van der Waals surface area contributed by atoms with Gasteiger partial charge in [-0.3, -0.25) is 9.10 Å². The molecule has 12 nitrogen and oxygen atoms in total. The molecule has 0 amide bonds. The summed E-state index contributed by atoms with van der Waals surface area (Å²) in [5, 5.41) is 23.1. The van der Waals surface area contributed by atoms with Crippen LogP contribution in [0.25, 0.3) is 11.4 Å². The zero-order chi connectivity index (χ0) is 30.4. The number of tetrazole rings is 1. The predicted molar refractivity (Wildman–Crippen MR) is 130 cm³/mol. The molecule has 0 unspecified atom stereocenters. The Kier molecular flexibility index (Phi) is 6.91. The van der Waals surface area contributed by atoms with Crippen LogP contribution in [-0.2, 0) is 34.1 Å². The molecule has 2 aromatic carbocycles. The van der Waals surface area contributed by atoms with Crippen molar-refractivity contribution in [1.82, 2.24) is 25.2 Å². The number of anilines is 3. The minimum absolute atomic E-state index is 0.0129.